The van der Waals surface area contributed by atoms with E-state index < -0.39 is 33.0 Å². The molecule has 1 rings (SSSR count). The van der Waals surface area contributed by atoms with Gasteiger partial charge in [0.2, 0.25) is 5.91 Å². The Balaban J connectivity index is 2.70. The quantitative estimate of drug-likeness (QED) is 0.693. The Bertz CT molecular complexity index is 479. The average molecular weight is 321 g/mol. The second-order valence-corrected chi connectivity index (χ2v) is 8.07. The van der Waals surface area contributed by atoms with Gasteiger partial charge in [0.1, 0.15) is 5.75 Å². The van der Waals surface area contributed by atoms with Crippen molar-refractivity contribution in [2.45, 2.75) is 38.6 Å². The molecule has 0 spiro atoms. The van der Waals surface area contributed by atoms with Crippen molar-refractivity contribution in [1.29, 1.82) is 0 Å². The zero-order valence-corrected chi connectivity index (χ0v) is 13.2. The van der Waals surface area contributed by atoms with E-state index in [2.05, 4.69) is 5.32 Å². The van der Waals surface area contributed by atoms with Crippen LogP contribution < -0.4 is 5.32 Å². The van der Waals surface area contributed by atoms with Gasteiger partial charge in [-0.25, -0.2) is 8.42 Å². The lowest BCUT2D eigenvalue weighted by Crippen LogP contribution is -2.54. The first-order chi connectivity index (χ1) is 9.64. The number of rotatable bonds is 7. The SMILES string of the molecule is CC(C)CS(=O)(=O)CC(=O)NC1(CC(=O)O)CCOCC1. The van der Waals surface area contributed by atoms with Crippen molar-refractivity contribution in [2.24, 2.45) is 5.92 Å². The number of carboxylic acid groups (broad SMARTS) is 1. The monoisotopic (exact) mass is 321 g/mol. The van der Waals surface area contributed by atoms with Gasteiger partial charge in [0.05, 0.1) is 17.7 Å². The predicted molar refractivity (Wildman–Crippen MR) is 76.7 cm³/mol. The normalized spacial score (nSPS) is 18.4. The molecule has 0 aromatic rings. The summed E-state index contributed by atoms with van der Waals surface area (Å²) in [7, 11) is -3.48. The summed E-state index contributed by atoms with van der Waals surface area (Å²) in [5.74, 6) is -2.39. The Morgan fingerprint density at radius 3 is 2.33 bits per heavy atom. The number of aliphatic carboxylic acids is 1. The smallest absolute Gasteiger partial charge is 0.305 e. The first-order valence-electron chi connectivity index (χ1n) is 6.95. The van der Waals surface area contributed by atoms with E-state index in [-0.39, 0.29) is 18.1 Å². The third kappa shape index (κ3) is 6.43. The number of ether oxygens (including phenoxy) is 1. The molecule has 1 saturated heterocycles. The Hall–Kier alpha value is -1.15. The molecule has 1 fully saturated rings. The predicted octanol–water partition coefficient (Wildman–Crippen LogP) is 0.197. The highest BCUT2D eigenvalue weighted by Crippen LogP contribution is 2.24. The summed E-state index contributed by atoms with van der Waals surface area (Å²) < 4.78 is 28.8. The second-order valence-electron chi connectivity index (χ2n) is 5.96. The van der Waals surface area contributed by atoms with E-state index in [0.29, 0.717) is 26.1 Å². The van der Waals surface area contributed by atoms with Crippen molar-refractivity contribution in [2.75, 3.05) is 24.7 Å². The molecule has 8 heteroatoms. The molecular weight excluding hydrogens is 298 g/mol. The Labute approximate surface area is 125 Å². The van der Waals surface area contributed by atoms with Gasteiger partial charge in [0.15, 0.2) is 9.84 Å². The van der Waals surface area contributed by atoms with Gasteiger partial charge < -0.3 is 15.2 Å². The summed E-state index contributed by atoms with van der Waals surface area (Å²) >= 11 is 0. The zero-order valence-electron chi connectivity index (χ0n) is 12.4. The molecular formula is C13H23NO6S. The third-order valence-electron chi connectivity index (χ3n) is 3.28. The van der Waals surface area contributed by atoms with Gasteiger partial charge in [0.25, 0.3) is 0 Å². The number of carbonyl (C=O) groups is 2. The third-order valence-corrected chi connectivity index (χ3v) is 5.16. The summed E-state index contributed by atoms with van der Waals surface area (Å²) in [6.45, 7) is 4.23. The van der Waals surface area contributed by atoms with E-state index in [9.17, 15) is 18.0 Å². The topological polar surface area (TPSA) is 110 Å². The minimum absolute atomic E-state index is 0.0566. The van der Waals surface area contributed by atoms with Crippen LogP contribution in [-0.4, -0.2) is 55.7 Å². The Kier molecular flexibility index (Phi) is 6.15. The number of nitrogens with one attached hydrogen (secondary N) is 1. The van der Waals surface area contributed by atoms with E-state index in [0.717, 1.165) is 0 Å². The summed E-state index contributed by atoms with van der Waals surface area (Å²) in [5, 5.41) is 11.6. The fourth-order valence-electron chi connectivity index (χ4n) is 2.50. The maximum Gasteiger partial charge on any atom is 0.305 e. The number of hydrogen-bond donors (Lipinski definition) is 2. The molecule has 0 bridgehead atoms. The van der Waals surface area contributed by atoms with Crippen LogP contribution in [0, 0.1) is 5.92 Å². The zero-order chi connectivity index (χ0) is 16.1. The number of hydrogen-bond acceptors (Lipinski definition) is 5. The van der Waals surface area contributed by atoms with Crippen molar-refractivity contribution in [3.8, 4) is 0 Å². The van der Waals surface area contributed by atoms with Crippen molar-refractivity contribution < 1.29 is 27.9 Å². The van der Waals surface area contributed by atoms with E-state index in [1.165, 1.54) is 0 Å². The summed E-state index contributed by atoms with van der Waals surface area (Å²) in [4.78, 5) is 22.9. The Morgan fingerprint density at radius 1 is 1.29 bits per heavy atom. The number of carboxylic acids is 1. The molecule has 0 aliphatic carbocycles. The average Bonchev–Trinajstić information content (AvgIpc) is 2.24. The molecule has 0 aromatic carbocycles. The summed E-state index contributed by atoms with van der Waals surface area (Å²) in [5.41, 5.74) is -0.908. The lowest BCUT2D eigenvalue weighted by molar-refractivity contribution is -0.140. The van der Waals surface area contributed by atoms with Crippen LogP contribution in [0.1, 0.15) is 33.1 Å². The lowest BCUT2D eigenvalue weighted by Gasteiger charge is -2.36. The largest absolute Gasteiger partial charge is 0.481 e. The fourth-order valence-corrected chi connectivity index (χ4v) is 4.10. The van der Waals surface area contributed by atoms with Crippen molar-refractivity contribution >= 4 is 21.7 Å². The molecule has 0 atom stereocenters. The van der Waals surface area contributed by atoms with Gasteiger partial charge in [-0.1, -0.05) is 13.8 Å². The fraction of sp³-hybridized carbons (Fsp3) is 0.846. The molecule has 122 valence electrons. The maximum absolute atomic E-state index is 12.0. The lowest BCUT2D eigenvalue weighted by atomic mass is 9.86. The van der Waals surface area contributed by atoms with Crippen LogP contribution in [0.5, 0.6) is 0 Å². The highest BCUT2D eigenvalue weighted by molar-refractivity contribution is 7.92. The van der Waals surface area contributed by atoms with E-state index in [1.54, 1.807) is 13.8 Å². The first-order valence-corrected chi connectivity index (χ1v) is 8.77. The maximum atomic E-state index is 12.0. The van der Waals surface area contributed by atoms with Crippen molar-refractivity contribution in [1.82, 2.24) is 5.32 Å². The van der Waals surface area contributed by atoms with Crippen LogP contribution in [0.25, 0.3) is 0 Å². The molecule has 0 saturated carbocycles. The van der Waals surface area contributed by atoms with E-state index in [4.69, 9.17) is 9.84 Å². The molecule has 1 heterocycles. The van der Waals surface area contributed by atoms with Gasteiger partial charge in [-0.3, -0.25) is 9.59 Å². The van der Waals surface area contributed by atoms with Gasteiger partial charge in [0, 0.05) is 13.2 Å². The molecule has 1 aliphatic rings. The van der Waals surface area contributed by atoms with Crippen LogP contribution in [0.4, 0.5) is 0 Å². The van der Waals surface area contributed by atoms with Crippen LogP contribution in [0.3, 0.4) is 0 Å². The highest BCUT2D eigenvalue weighted by Gasteiger charge is 2.37. The molecule has 0 aromatic heterocycles. The minimum Gasteiger partial charge on any atom is -0.481 e. The first kappa shape index (κ1) is 17.9. The molecule has 21 heavy (non-hydrogen) atoms. The minimum atomic E-state index is -3.48. The van der Waals surface area contributed by atoms with Crippen LogP contribution >= 0.6 is 0 Å². The van der Waals surface area contributed by atoms with Gasteiger partial charge in [-0.15, -0.1) is 0 Å². The Morgan fingerprint density at radius 2 is 1.86 bits per heavy atom. The highest BCUT2D eigenvalue weighted by atomic mass is 32.2. The number of sulfone groups is 1. The van der Waals surface area contributed by atoms with Crippen molar-refractivity contribution in [3.63, 3.8) is 0 Å². The number of amides is 1. The molecule has 0 unspecified atom stereocenters. The standard InChI is InChI=1S/C13H23NO6S/c1-10(2)8-21(18,19)9-11(15)14-13(7-12(16)17)3-5-20-6-4-13/h10H,3-9H2,1-2H3,(H,14,15)(H,16,17). The van der Waals surface area contributed by atoms with Crippen LogP contribution in [-0.2, 0) is 24.2 Å². The summed E-state index contributed by atoms with van der Waals surface area (Å²) in [6.07, 6.45) is 0.511. The van der Waals surface area contributed by atoms with Gasteiger partial charge in [-0.2, -0.15) is 0 Å². The second kappa shape index (κ2) is 7.22. The molecule has 2 N–H and O–H groups in total. The molecule has 1 amide bonds. The van der Waals surface area contributed by atoms with Crippen LogP contribution in [0.15, 0.2) is 0 Å². The van der Waals surface area contributed by atoms with Gasteiger partial charge in [-0.05, 0) is 18.8 Å². The number of carbonyl (C=O) groups excluding carboxylic acids is 1. The molecule has 7 nitrogen and oxygen atoms in total. The van der Waals surface area contributed by atoms with Gasteiger partial charge >= 0.3 is 5.97 Å². The van der Waals surface area contributed by atoms with E-state index >= 15 is 0 Å². The molecule has 1 aliphatic heterocycles. The van der Waals surface area contributed by atoms with E-state index in [1.807, 2.05) is 0 Å². The van der Waals surface area contributed by atoms with Crippen molar-refractivity contribution in [3.05, 3.63) is 0 Å². The molecule has 0 radical (unpaired) electrons. The van der Waals surface area contributed by atoms with Crippen LogP contribution in [0.2, 0.25) is 0 Å². The summed E-state index contributed by atoms with van der Waals surface area (Å²) in [6, 6.07) is 0.